The number of hydrogen-bond acceptors (Lipinski definition) is 5. The van der Waals surface area contributed by atoms with E-state index in [0.29, 0.717) is 11.2 Å². The van der Waals surface area contributed by atoms with Gasteiger partial charge in [0.2, 0.25) is 0 Å². The normalized spacial score (nSPS) is 13.4. The average molecular weight is 323 g/mol. The molecule has 0 saturated carbocycles. The van der Waals surface area contributed by atoms with Crippen LogP contribution in [0.2, 0.25) is 0 Å². The Labute approximate surface area is 135 Å². The van der Waals surface area contributed by atoms with Gasteiger partial charge in [0.25, 0.3) is 17.4 Å². The van der Waals surface area contributed by atoms with E-state index in [4.69, 9.17) is 5.73 Å². The van der Waals surface area contributed by atoms with Crippen LogP contribution in [-0.2, 0) is 7.05 Å². The summed E-state index contributed by atoms with van der Waals surface area (Å²) >= 11 is 0. The monoisotopic (exact) mass is 323 g/mol. The van der Waals surface area contributed by atoms with Gasteiger partial charge in [0.05, 0.1) is 22.3 Å². The van der Waals surface area contributed by atoms with Crippen molar-refractivity contribution in [3.05, 3.63) is 51.4 Å². The van der Waals surface area contributed by atoms with Crippen molar-refractivity contribution in [3.63, 3.8) is 0 Å². The Kier molecular flexibility index (Phi) is 2.69. The van der Waals surface area contributed by atoms with Gasteiger partial charge in [-0.3, -0.25) is 28.9 Å². The number of nitrogens with zero attached hydrogens (tertiary/aromatic N) is 3. The summed E-state index contributed by atoms with van der Waals surface area (Å²) in [4.78, 5) is 36.0. The Balaban J connectivity index is 2.01. The van der Waals surface area contributed by atoms with Crippen LogP contribution in [0.1, 0.15) is 26.4 Å². The lowest BCUT2D eigenvalue weighted by Crippen LogP contribution is -2.24. The molecule has 3 aromatic rings. The number of rotatable bonds is 1. The van der Waals surface area contributed by atoms with E-state index in [1.807, 2.05) is 20.0 Å². The molecular weight excluding hydrogens is 310 g/mol. The predicted octanol–water partition coefficient (Wildman–Crippen LogP) is 0.498. The number of anilines is 1. The van der Waals surface area contributed by atoms with Gasteiger partial charge in [-0.2, -0.15) is 5.10 Å². The fourth-order valence-electron chi connectivity index (χ4n) is 3.00. The molecule has 120 valence electrons. The molecule has 8 heteroatoms. The number of nitrogens with one attached hydrogen (secondary N) is 1. The Morgan fingerprint density at radius 1 is 1.12 bits per heavy atom. The number of pyridine rings is 1. The van der Waals surface area contributed by atoms with E-state index in [1.165, 1.54) is 4.57 Å². The first kappa shape index (κ1) is 14.2. The van der Waals surface area contributed by atoms with Crippen molar-refractivity contribution in [1.29, 1.82) is 0 Å². The molecule has 4 rings (SSSR count). The van der Waals surface area contributed by atoms with Gasteiger partial charge in [0.15, 0.2) is 0 Å². The first-order valence-corrected chi connectivity index (χ1v) is 7.23. The van der Waals surface area contributed by atoms with E-state index in [0.717, 1.165) is 17.1 Å². The van der Waals surface area contributed by atoms with Gasteiger partial charge in [0, 0.05) is 24.2 Å². The highest BCUT2D eigenvalue weighted by atomic mass is 16.2. The van der Waals surface area contributed by atoms with Crippen LogP contribution in [0.15, 0.2) is 29.1 Å². The summed E-state index contributed by atoms with van der Waals surface area (Å²) in [6.45, 7) is 1.95. The second-order valence-electron chi connectivity index (χ2n) is 5.69. The van der Waals surface area contributed by atoms with Gasteiger partial charge >= 0.3 is 0 Å². The van der Waals surface area contributed by atoms with E-state index < -0.39 is 17.4 Å². The van der Waals surface area contributed by atoms with Gasteiger partial charge in [-0.25, -0.2) is 0 Å². The van der Waals surface area contributed by atoms with Crippen LogP contribution in [0.25, 0.3) is 16.6 Å². The molecule has 3 heterocycles. The number of amides is 2. The van der Waals surface area contributed by atoms with Crippen molar-refractivity contribution < 1.29 is 9.59 Å². The molecule has 1 aliphatic heterocycles. The molecule has 3 N–H and O–H groups in total. The molecule has 2 amide bonds. The summed E-state index contributed by atoms with van der Waals surface area (Å²) in [5.74, 6) is -1.27. The maximum absolute atomic E-state index is 12.4. The molecule has 0 radical (unpaired) electrons. The van der Waals surface area contributed by atoms with E-state index in [9.17, 15) is 14.4 Å². The minimum absolute atomic E-state index is 0.00788. The molecule has 0 spiro atoms. The van der Waals surface area contributed by atoms with Crippen LogP contribution >= 0.6 is 0 Å². The number of carbonyl (C=O) groups excluding carboxylic acids is 2. The topological polar surface area (TPSA) is 112 Å². The summed E-state index contributed by atoms with van der Waals surface area (Å²) in [5.41, 5.74) is 7.76. The van der Waals surface area contributed by atoms with E-state index in [2.05, 4.69) is 10.4 Å². The van der Waals surface area contributed by atoms with Crippen LogP contribution in [-0.4, -0.2) is 26.2 Å². The second kappa shape index (κ2) is 4.54. The van der Waals surface area contributed by atoms with E-state index in [-0.39, 0.29) is 16.9 Å². The predicted molar refractivity (Wildman–Crippen MR) is 87.3 cm³/mol. The summed E-state index contributed by atoms with van der Waals surface area (Å²) in [6, 6.07) is 6.42. The zero-order valence-corrected chi connectivity index (χ0v) is 13.0. The Hall–Kier alpha value is -3.42. The third-order valence-corrected chi connectivity index (χ3v) is 4.33. The van der Waals surface area contributed by atoms with Crippen LogP contribution in [0.3, 0.4) is 0 Å². The number of hydrogen-bond donors (Lipinski definition) is 2. The van der Waals surface area contributed by atoms with Crippen LogP contribution in [0.4, 0.5) is 5.82 Å². The van der Waals surface area contributed by atoms with E-state index in [1.54, 1.807) is 16.8 Å². The van der Waals surface area contributed by atoms with Crippen LogP contribution < -0.4 is 16.6 Å². The summed E-state index contributed by atoms with van der Waals surface area (Å²) in [7, 11) is 1.83. The van der Waals surface area contributed by atoms with Gasteiger partial charge in [-0.05, 0) is 25.1 Å². The number of nitrogen functional groups attached to an aromatic ring is 1. The number of aryl methyl sites for hydroxylation is 2. The lowest BCUT2D eigenvalue weighted by Gasteiger charge is -2.11. The molecular formula is C16H13N5O3. The number of fused-ring (bicyclic) bond motifs is 2. The zero-order chi connectivity index (χ0) is 17.2. The van der Waals surface area contributed by atoms with Crippen LogP contribution in [0.5, 0.6) is 0 Å². The van der Waals surface area contributed by atoms with Gasteiger partial charge in [-0.15, -0.1) is 0 Å². The minimum atomic E-state index is -0.609. The third kappa shape index (κ3) is 1.73. The molecule has 0 unspecified atom stereocenters. The Morgan fingerprint density at radius 3 is 2.62 bits per heavy atom. The number of benzene rings is 1. The highest BCUT2D eigenvalue weighted by molar-refractivity contribution is 6.23. The van der Waals surface area contributed by atoms with Crippen molar-refractivity contribution in [2.45, 2.75) is 6.92 Å². The van der Waals surface area contributed by atoms with Crippen molar-refractivity contribution in [1.82, 2.24) is 19.7 Å². The maximum atomic E-state index is 12.4. The van der Waals surface area contributed by atoms with Crippen molar-refractivity contribution in [2.75, 3.05) is 5.73 Å². The molecule has 0 fully saturated rings. The standard InChI is InChI=1S/C16H13N5O3/c1-7-9-4-3-8(5-11(9)19-20(7)2)21-12(22)6-10-13(14(21)17)16(24)18-15(10)23/h3-6H,17H2,1-2H3,(H,18,23,24). The lowest BCUT2D eigenvalue weighted by atomic mass is 10.1. The third-order valence-electron chi connectivity index (χ3n) is 4.33. The zero-order valence-electron chi connectivity index (χ0n) is 13.0. The average Bonchev–Trinajstić information content (AvgIpc) is 2.96. The molecule has 24 heavy (non-hydrogen) atoms. The number of imide groups is 1. The fraction of sp³-hybridized carbons (Fsp3) is 0.125. The Morgan fingerprint density at radius 2 is 1.88 bits per heavy atom. The molecule has 0 saturated heterocycles. The van der Waals surface area contributed by atoms with Gasteiger partial charge < -0.3 is 5.73 Å². The Bertz CT molecular complexity index is 1120. The maximum Gasteiger partial charge on any atom is 0.262 e. The number of nitrogens with two attached hydrogens (primary N) is 1. The highest BCUT2D eigenvalue weighted by Gasteiger charge is 2.31. The SMILES string of the molecule is Cc1c2ccc(-n3c(N)c4c(cc3=O)C(=O)NC4=O)cc2nn1C. The molecule has 1 aliphatic rings. The van der Waals surface area contributed by atoms with Crippen LogP contribution in [0, 0.1) is 6.92 Å². The number of aromatic nitrogens is 3. The smallest absolute Gasteiger partial charge is 0.262 e. The fourth-order valence-corrected chi connectivity index (χ4v) is 3.00. The molecule has 8 nitrogen and oxygen atoms in total. The lowest BCUT2D eigenvalue weighted by molar-refractivity contribution is 0.0880. The summed E-state index contributed by atoms with van der Waals surface area (Å²) in [6.07, 6.45) is 0. The first-order chi connectivity index (χ1) is 11.4. The molecule has 2 aromatic heterocycles. The van der Waals surface area contributed by atoms with E-state index >= 15 is 0 Å². The number of carbonyl (C=O) groups is 2. The minimum Gasteiger partial charge on any atom is -0.384 e. The summed E-state index contributed by atoms with van der Waals surface area (Å²) < 4.78 is 2.95. The molecule has 0 atom stereocenters. The second-order valence-corrected chi connectivity index (χ2v) is 5.69. The highest BCUT2D eigenvalue weighted by Crippen LogP contribution is 2.25. The molecule has 0 aliphatic carbocycles. The molecule has 1 aromatic carbocycles. The van der Waals surface area contributed by atoms with Gasteiger partial charge in [-0.1, -0.05) is 0 Å². The quantitative estimate of drug-likeness (QED) is 0.633. The van der Waals surface area contributed by atoms with Crippen molar-refractivity contribution >= 4 is 28.5 Å². The molecule has 0 bridgehead atoms. The largest absolute Gasteiger partial charge is 0.384 e. The van der Waals surface area contributed by atoms with Gasteiger partial charge in [0.1, 0.15) is 5.82 Å². The van der Waals surface area contributed by atoms with Crippen molar-refractivity contribution in [2.24, 2.45) is 7.05 Å². The summed E-state index contributed by atoms with van der Waals surface area (Å²) in [5, 5.41) is 7.49. The van der Waals surface area contributed by atoms with Crippen molar-refractivity contribution in [3.8, 4) is 5.69 Å². The first-order valence-electron chi connectivity index (χ1n) is 7.23.